The first-order chi connectivity index (χ1) is 17.6. The van der Waals surface area contributed by atoms with E-state index < -0.39 is 0 Å². The second kappa shape index (κ2) is 8.95. The second-order valence-corrected chi connectivity index (χ2v) is 9.34. The number of phenolic OH excluding ortho intramolecular Hbond substituents is 1. The molecule has 0 bridgehead atoms. The van der Waals surface area contributed by atoms with Gasteiger partial charge in [0.15, 0.2) is 23.0 Å². The van der Waals surface area contributed by atoms with Crippen LogP contribution >= 0.6 is 0 Å². The molecule has 186 valence electrons. The minimum atomic E-state index is -0.120. The van der Waals surface area contributed by atoms with Crippen molar-refractivity contribution >= 4 is 11.6 Å². The lowest BCUT2D eigenvalue weighted by atomic mass is 9.74. The molecule has 0 aromatic heterocycles. The zero-order valence-electron chi connectivity index (χ0n) is 20.2. The standard InChI is InChI=1S/C28H28N2O6/c1-33-23-8-7-19-21(13-26(32)29-17-3-5-18(31)6-4-17)27-20-12-25-24(35-15-36-25)11-16(20)9-10-30(27)14-22(19)28(23)34-2/h3-8,11-12,21,27,31H,9-10,13-15H2,1-2H3,(H,29,32). The molecule has 2 unspecified atom stereocenters. The van der Waals surface area contributed by atoms with Gasteiger partial charge in [0.2, 0.25) is 12.7 Å². The van der Waals surface area contributed by atoms with E-state index in [0.29, 0.717) is 23.7 Å². The first kappa shape index (κ1) is 22.5. The number of hydrogen-bond acceptors (Lipinski definition) is 7. The number of carbonyl (C=O) groups is 1. The summed E-state index contributed by atoms with van der Waals surface area (Å²) in [6.07, 6.45) is 1.16. The van der Waals surface area contributed by atoms with Crippen LogP contribution in [0.4, 0.5) is 5.69 Å². The summed E-state index contributed by atoms with van der Waals surface area (Å²) in [6.45, 7) is 1.78. The maximum absolute atomic E-state index is 13.3. The number of benzene rings is 3. The Bertz CT molecular complexity index is 1320. The molecule has 3 aliphatic heterocycles. The monoisotopic (exact) mass is 488 g/mol. The molecule has 6 rings (SSSR count). The fraction of sp³-hybridized carbons (Fsp3) is 0.321. The van der Waals surface area contributed by atoms with Crippen LogP contribution in [-0.2, 0) is 17.8 Å². The van der Waals surface area contributed by atoms with Gasteiger partial charge >= 0.3 is 0 Å². The Hall–Kier alpha value is -3.91. The first-order valence-corrected chi connectivity index (χ1v) is 12.0. The molecule has 8 heteroatoms. The van der Waals surface area contributed by atoms with Crippen LogP contribution in [0.2, 0.25) is 0 Å². The van der Waals surface area contributed by atoms with Crippen LogP contribution in [0.25, 0.3) is 0 Å². The average Bonchev–Trinajstić information content (AvgIpc) is 3.35. The molecule has 8 nitrogen and oxygen atoms in total. The van der Waals surface area contributed by atoms with Gasteiger partial charge < -0.3 is 29.4 Å². The topological polar surface area (TPSA) is 89.5 Å². The van der Waals surface area contributed by atoms with Gasteiger partial charge in [-0.3, -0.25) is 9.69 Å². The summed E-state index contributed by atoms with van der Waals surface area (Å²) in [6, 6.07) is 14.7. The quantitative estimate of drug-likeness (QED) is 0.516. The van der Waals surface area contributed by atoms with Gasteiger partial charge in [0.05, 0.1) is 14.2 Å². The van der Waals surface area contributed by atoms with Gasteiger partial charge in [0, 0.05) is 42.7 Å². The van der Waals surface area contributed by atoms with Crippen LogP contribution in [0.1, 0.15) is 40.6 Å². The third-order valence-electron chi connectivity index (χ3n) is 7.40. The fourth-order valence-electron chi connectivity index (χ4n) is 5.81. The van der Waals surface area contributed by atoms with Crippen molar-refractivity contribution in [3.05, 3.63) is 70.8 Å². The van der Waals surface area contributed by atoms with Crippen molar-refractivity contribution in [2.24, 2.45) is 0 Å². The van der Waals surface area contributed by atoms with Crippen molar-refractivity contribution in [1.82, 2.24) is 4.90 Å². The average molecular weight is 489 g/mol. The van der Waals surface area contributed by atoms with E-state index in [1.807, 2.05) is 6.07 Å². The van der Waals surface area contributed by atoms with Crippen LogP contribution in [-0.4, -0.2) is 43.5 Å². The molecule has 0 aliphatic carbocycles. The molecule has 0 saturated carbocycles. The van der Waals surface area contributed by atoms with Gasteiger partial charge in [0.1, 0.15) is 5.75 Å². The van der Waals surface area contributed by atoms with Crippen molar-refractivity contribution < 1.29 is 28.8 Å². The van der Waals surface area contributed by atoms with Crippen LogP contribution in [0.15, 0.2) is 48.5 Å². The number of fused-ring (bicyclic) bond motifs is 5. The third kappa shape index (κ3) is 3.78. The summed E-state index contributed by atoms with van der Waals surface area (Å²) in [7, 11) is 3.29. The zero-order chi connectivity index (χ0) is 24.8. The predicted octanol–water partition coefficient (Wildman–Crippen LogP) is 4.36. The van der Waals surface area contributed by atoms with Gasteiger partial charge in [0.25, 0.3) is 0 Å². The number of rotatable bonds is 5. The van der Waals surface area contributed by atoms with Crippen LogP contribution in [0.3, 0.4) is 0 Å². The fourth-order valence-corrected chi connectivity index (χ4v) is 5.81. The summed E-state index contributed by atoms with van der Waals surface area (Å²) in [5.74, 6) is 2.87. The van der Waals surface area contributed by atoms with E-state index in [9.17, 15) is 9.90 Å². The summed E-state index contributed by atoms with van der Waals surface area (Å²) >= 11 is 0. The Balaban J connectivity index is 1.42. The number of nitrogens with zero attached hydrogens (tertiary/aromatic N) is 1. The van der Waals surface area contributed by atoms with Gasteiger partial charge in [-0.1, -0.05) is 6.07 Å². The van der Waals surface area contributed by atoms with Crippen molar-refractivity contribution in [2.75, 3.05) is 32.9 Å². The summed E-state index contributed by atoms with van der Waals surface area (Å²) in [5.41, 5.74) is 5.19. The van der Waals surface area contributed by atoms with E-state index in [1.54, 1.807) is 38.5 Å². The lowest BCUT2D eigenvalue weighted by molar-refractivity contribution is -0.117. The largest absolute Gasteiger partial charge is 0.508 e. The number of ether oxygens (including phenoxy) is 4. The number of aromatic hydroxyl groups is 1. The Morgan fingerprint density at radius 1 is 1.06 bits per heavy atom. The number of amides is 1. The van der Waals surface area contributed by atoms with Crippen molar-refractivity contribution in [1.29, 1.82) is 0 Å². The van der Waals surface area contributed by atoms with Crippen molar-refractivity contribution in [3.63, 3.8) is 0 Å². The maximum atomic E-state index is 13.3. The number of methoxy groups -OCH3 is 2. The lowest BCUT2D eigenvalue weighted by Crippen LogP contribution is -2.42. The van der Waals surface area contributed by atoms with E-state index in [1.165, 1.54) is 11.1 Å². The Morgan fingerprint density at radius 3 is 2.58 bits per heavy atom. The van der Waals surface area contributed by atoms with Crippen LogP contribution in [0.5, 0.6) is 28.7 Å². The number of anilines is 1. The van der Waals surface area contributed by atoms with E-state index in [0.717, 1.165) is 35.6 Å². The molecular weight excluding hydrogens is 460 g/mol. The normalized spacial score (nSPS) is 19.6. The third-order valence-corrected chi connectivity index (χ3v) is 7.40. The molecule has 1 amide bonds. The Kier molecular flexibility index (Phi) is 5.60. The molecule has 36 heavy (non-hydrogen) atoms. The highest BCUT2D eigenvalue weighted by molar-refractivity contribution is 5.91. The van der Waals surface area contributed by atoms with Gasteiger partial charge in [-0.25, -0.2) is 0 Å². The highest BCUT2D eigenvalue weighted by Crippen LogP contribution is 2.52. The number of hydrogen-bond donors (Lipinski definition) is 2. The molecule has 3 aromatic rings. The maximum Gasteiger partial charge on any atom is 0.231 e. The van der Waals surface area contributed by atoms with Gasteiger partial charge in [-0.2, -0.15) is 0 Å². The van der Waals surface area contributed by atoms with E-state index in [4.69, 9.17) is 18.9 Å². The Morgan fingerprint density at radius 2 is 1.83 bits per heavy atom. The molecular formula is C28H28N2O6. The van der Waals surface area contributed by atoms with E-state index in [-0.39, 0.29) is 36.8 Å². The SMILES string of the molecule is COc1ccc2c(c1OC)CN1CCc3cc4c(cc3C1C2CC(=O)Nc1ccc(O)cc1)OCO4. The molecule has 0 spiro atoms. The van der Waals surface area contributed by atoms with E-state index in [2.05, 4.69) is 28.4 Å². The number of phenols is 1. The molecule has 0 saturated heterocycles. The molecule has 0 fully saturated rings. The highest BCUT2D eigenvalue weighted by Gasteiger charge is 2.42. The van der Waals surface area contributed by atoms with Gasteiger partial charge in [-0.05, 0) is 65.6 Å². The summed E-state index contributed by atoms with van der Waals surface area (Å²) in [4.78, 5) is 15.8. The number of nitrogens with one attached hydrogen (secondary N) is 1. The predicted molar refractivity (Wildman–Crippen MR) is 133 cm³/mol. The smallest absolute Gasteiger partial charge is 0.231 e. The molecule has 3 heterocycles. The van der Waals surface area contributed by atoms with Crippen molar-refractivity contribution in [2.45, 2.75) is 31.3 Å². The van der Waals surface area contributed by atoms with Crippen LogP contribution < -0.4 is 24.3 Å². The van der Waals surface area contributed by atoms with Gasteiger partial charge in [-0.15, -0.1) is 0 Å². The lowest BCUT2D eigenvalue weighted by Gasteiger charge is -2.46. The molecule has 0 radical (unpaired) electrons. The molecule has 2 N–H and O–H groups in total. The van der Waals surface area contributed by atoms with Crippen molar-refractivity contribution in [3.8, 4) is 28.7 Å². The summed E-state index contributed by atoms with van der Waals surface area (Å²) in [5, 5.41) is 12.6. The zero-order valence-corrected chi connectivity index (χ0v) is 20.2. The highest BCUT2D eigenvalue weighted by atomic mass is 16.7. The van der Waals surface area contributed by atoms with Crippen LogP contribution in [0, 0.1) is 0 Å². The molecule has 2 atom stereocenters. The molecule has 3 aromatic carbocycles. The molecule has 3 aliphatic rings. The Labute approximate surface area is 209 Å². The minimum absolute atomic E-state index is 0.000538. The van der Waals surface area contributed by atoms with E-state index >= 15 is 0 Å². The summed E-state index contributed by atoms with van der Waals surface area (Å²) < 4.78 is 22.7. The number of carbonyl (C=O) groups excluding carboxylic acids is 1. The second-order valence-electron chi connectivity index (χ2n) is 9.34. The minimum Gasteiger partial charge on any atom is -0.508 e. The first-order valence-electron chi connectivity index (χ1n) is 12.0.